The van der Waals surface area contributed by atoms with Crippen molar-refractivity contribution in [3.63, 3.8) is 0 Å². The number of rotatable bonds is 9. The van der Waals surface area contributed by atoms with Crippen LogP contribution in [0.4, 0.5) is 0 Å². The zero-order valence-corrected chi connectivity index (χ0v) is 20.8. The number of fused-ring (bicyclic) bond motifs is 1. The highest BCUT2D eigenvalue weighted by Crippen LogP contribution is 2.38. The lowest BCUT2D eigenvalue weighted by molar-refractivity contribution is -0.172. The summed E-state index contributed by atoms with van der Waals surface area (Å²) in [5, 5.41) is 1.26. The van der Waals surface area contributed by atoms with Crippen LogP contribution in [0, 0.1) is 11.8 Å². The van der Waals surface area contributed by atoms with E-state index in [1.807, 2.05) is 18.4 Å². The number of nitrogens with two attached hydrogens (primary N) is 1. The molecule has 1 aliphatic carbocycles. The van der Waals surface area contributed by atoms with Crippen molar-refractivity contribution in [2.75, 3.05) is 19.6 Å². The molecule has 2 heterocycles. The van der Waals surface area contributed by atoms with E-state index >= 15 is 0 Å². The number of esters is 1. The molecule has 186 valence electrons. The molecule has 2 N–H and O–H groups in total. The predicted octanol–water partition coefficient (Wildman–Crippen LogP) is 5.40. The number of carbonyl (C=O) groups excluding carboxylic acids is 2. The fourth-order valence-corrected chi connectivity index (χ4v) is 5.65. The Labute approximate surface area is 203 Å². The number of nitrogens with zero attached hydrogens (tertiary/aromatic N) is 1. The molecule has 1 aliphatic heterocycles. The maximum atomic E-state index is 12.3. The summed E-state index contributed by atoms with van der Waals surface area (Å²) in [7, 11) is 0. The normalized spacial score (nSPS) is 24.5. The van der Waals surface area contributed by atoms with Gasteiger partial charge < -0.3 is 19.8 Å². The van der Waals surface area contributed by atoms with E-state index in [0.29, 0.717) is 37.0 Å². The van der Waals surface area contributed by atoms with Crippen LogP contribution in [-0.2, 0) is 14.3 Å². The fraction of sp³-hybridized carbons (Fsp3) is 0.643. The van der Waals surface area contributed by atoms with Crippen LogP contribution in [0.3, 0.4) is 0 Å². The number of benzene rings is 1. The second kappa shape index (κ2) is 10.9. The van der Waals surface area contributed by atoms with Gasteiger partial charge in [0.1, 0.15) is 5.58 Å². The Kier molecular flexibility index (Phi) is 7.97. The number of ether oxygens (including phenoxy) is 1. The number of furan rings is 1. The van der Waals surface area contributed by atoms with E-state index in [-0.39, 0.29) is 5.97 Å². The third-order valence-corrected chi connectivity index (χ3v) is 7.99. The Bertz CT molecular complexity index is 966. The van der Waals surface area contributed by atoms with Crippen LogP contribution in [0.25, 0.3) is 11.0 Å². The maximum absolute atomic E-state index is 12.3. The first kappa shape index (κ1) is 24.8. The molecule has 0 bridgehead atoms. The van der Waals surface area contributed by atoms with Crippen LogP contribution in [0.15, 0.2) is 34.9 Å². The Morgan fingerprint density at radius 1 is 1.15 bits per heavy atom. The van der Waals surface area contributed by atoms with Crippen LogP contribution < -0.4 is 5.73 Å². The highest BCUT2D eigenvalue weighted by Gasteiger charge is 2.44. The number of carbonyl (C=O) groups is 2. The minimum absolute atomic E-state index is 0.292. The van der Waals surface area contributed by atoms with Crippen molar-refractivity contribution in [1.82, 2.24) is 4.90 Å². The molecule has 0 unspecified atom stereocenters. The second-order valence-corrected chi connectivity index (χ2v) is 10.8. The first-order valence-corrected chi connectivity index (χ1v) is 13.1. The monoisotopic (exact) mass is 468 g/mol. The van der Waals surface area contributed by atoms with Crippen molar-refractivity contribution in [2.45, 2.75) is 83.2 Å². The maximum Gasteiger partial charge on any atom is 0.306 e. The Morgan fingerprint density at radius 2 is 1.85 bits per heavy atom. The number of primary amides is 1. The summed E-state index contributed by atoms with van der Waals surface area (Å²) in [5.41, 5.74) is 6.93. The molecule has 0 radical (unpaired) electrons. The molecule has 2 aromatic rings. The van der Waals surface area contributed by atoms with Gasteiger partial charge in [-0.05, 0) is 94.8 Å². The topological polar surface area (TPSA) is 85.8 Å². The molecular formula is C28H40N2O4. The lowest BCUT2D eigenvalue weighted by atomic mass is 9.77. The van der Waals surface area contributed by atoms with Crippen LogP contribution in [-0.4, -0.2) is 42.0 Å². The predicted molar refractivity (Wildman–Crippen MR) is 133 cm³/mol. The third-order valence-electron chi connectivity index (χ3n) is 7.99. The van der Waals surface area contributed by atoms with Crippen molar-refractivity contribution >= 4 is 22.8 Å². The van der Waals surface area contributed by atoms with Gasteiger partial charge in [-0.2, -0.15) is 0 Å². The zero-order valence-electron chi connectivity index (χ0n) is 20.8. The fourth-order valence-electron chi connectivity index (χ4n) is 5.65. The Balaban J connectivity index is 1.21. The van der Waals surface area contributed by atoms with Crippen LogP contribution in [0.5, 0.6) is 0 Å². The van der Waals surface area contributed by atoms with Crippen LogP contribution >= 0.6 is 0 Å². The first-order chi connectivity index (χ1) is 16.4. The average Bonchev–Trinajstić information content (AvgIpc) is 3.27. The lowest BCUT2D eigenvalue weighted by Crippen LogP contribution is -2.50. The Morgan fingerprint density at radius 3 is 2.53 bits per heavy atom. The summed E-state index contributed by atoms with van der Waals surface area (Å²) < 4.78 is 11.4. The molecule has 2 fully saturated rings. The van der Waals surface area contributed by atoms with Crippen molar-refractivity contribution < 1.29 is 18.7 Å². The van der Waals surface area contributed by atoms with E-state index < -0.39 is 11.5 Å². The molecule has 34 heavy (non-hydrogen) atoms. The molecule has 1 aromatic carbocycles. The summed E-state index contributed by atoms with van der Waals surface area (Å²) in [4.78, 5) is 27.1. The van der Waals surface area contributed by atoms with Gasteiger partial charge in [0.25, 0.3) is 5.91 Å². The van der Waals surface area contributed by atoms with Gasteiger partial charge in [-0.25, -0.2) is 0 Å². The van der Waals surface area contributed by atoms with E-state index in [1.54, 1.807) is 0 Å². The SMILES string of the molecule is CC(C)CCC(=O)OC1(C(N)=O)CCC(CCN2CCC(c3coc4ccccc34)CC2)CC1. The van der Waals surface area contributed by atoms with Crippen LogP contribution in [0.1, 0.15) is 83.1 Å². The van der Waals surface area contributed by atoms with Crippen molar-refractivity contribution in [1.29, 1.82) is 0 Å². The van der Waals surface area contributed by atoms with Crippen LogP contribution in [0.2, 0.25) is 0 Å². The second-order valence-electron chi connectivity index (χ2n) is 10.8. The number of likely N-dealkylation sites (tertiary alicyclic amines) is 1. The van der Waals surface area contributed by atoms with Gasteiger partial charge in [0.2, 0.25) is 0 Å². The first-order valence-electron chi connectivity index (χ1n) is 13.1. The highest BCUT2D eigenvalue weighted by molar-refractivity contribution is 5.86. The molecule has 6 nitrogen and oxygen atoms in total. The minimum Gasteiger partial charge on any atom is -0.464 e. The van der Waals surface area contributed by atoms with Gasteiger partial charge in [0.05, 0.1) is 6.26 Å². The van der Waals surface area contributed by atoms with E-state index in [2.05, 4.69) is 30.9 Å². The van der Waals surface area contributed by atoms with Gasteiger partial charge in [-0.1, -0.05) is 32.0 Å². The molecule has 0 spiro atoms. The summed E-state index contributed by atoms with van der Waals surface area (Å²) in [6, 6.07) is 8.31. The largest absolute Gasteiger partial charge is 0.464 e. The van der Waals surface area contributed by atoms with E-state index in [1.165, 1.54) is 10.9 Å². The van der Waals surface area contributed by atoms with E-state index in [9.17, 15) is 9.59 Å². The minimum atomic E-state index is -1.10. The molecule has 1 saturated carbocycles. The third kappa shape index (κ3) is 5.83. The highest BCUT2D eigenvalue weighted by atomic mass is 16.6. The molecule has 1 aromatic heterocycles. The van der Waals surface area contributed by atoms with E-state index in [0.717, 1.165) is 63.7 Å². The van der Waals surface area contributed by atoms with Crippen molar-refractivity contribution in [3.8, 4) is 0 Å². The number of hydrogen-bond donors (Lipinski definition) is 1. The summed E-state index contributed by atoms with van der Waals surface area (Å²) in [6.45, 7) is 7.45. The molecule has 1 amide bonds. The van der Waals surface area contributed by atoms with Gasteiger partial charge >= 0.3 is 5.97 Å². The molecule has 6 heteroatoms. The van der Waals surface area contributed by atoms with Gasteiger partial charge in [-0.15, -0.1) is 0 Å². The van der Waals surface area contributed by atoms with Gasteiger partial charge in [0, 0.05) is 17.4 Å². The summed E-state index contributed by atoms with van der Waals surface area (Å²) in [5.74, 6) is 0.766. The quantitative estimate of drug-likeness (QED) is 0.498. The smallest absolute Gasteiger partial charge is 0.306 e. The number of para-hydroxylation sites is 1. The van der Waals surface area contributed by atoms with Crippen molar-refractivity contribution in [3.05, 3.63) is 36.1 Å². The number of hydrogen-bond acceptors (Lipinski definition) is 5. The Hall–Kier alpha value is -2.34. The zero-order chi connectivity index (χ0) is 24.1. The molecule has 1 saturated heterocycles. The van der Waals surface area contributed by atoms with Gasteiger partial charge in [0.15, 0.2) is 5.60 Å². The van der Waals surface area contributed by atoms with E-state index in [4.69, 9.17) is 14.9 Å². The average molecular weight is 469 g/mol. The number of piperidine rings is 1. The van der Waals surface area contributed by atoms with Crippen molar-refractivity contribution in [2.24, 2.45) is 17.6 Å². The molecule has 2 aliphatic rings. The lowest BCUT2D eigenvalue weighted by Gasteiger charge is -2.38. The number of amides is 1. The summed E-state index contributed by atoms with van der Waals surface area (Å²) >= 11 is 0. The molecular weight excluding hydrogens is 428 g/mol. The summed E-state index contributed by atoms with van der Waals surface area (Å²) in [6.07, 6.45) is 9.38. The molecule has 0 atom stereocenters. The van der Waals surface area contributed by atoms with Gasteiger partial charge in [-0.3, -0.25) is 9.59 Å². The standard InChI is InChI=1S/C28H40N2O4/c1-20(2)7-8-26(31)34-28(27(29)32)14-9-21(10-15-28)11-16-30-17-12-22(13-18-30)24-19-33-25-6-4-3-5-23(24)25/h3-6,19-22H,7-18H2,1-2H3,(H2,29,32). The molecule has 4 rings (SSSR count).